The molecule has 4 atom stereocenters. The Labute approximate surface area is 247 Å². The zero-order chi connectivity index (χ0) is 28.7. The second kappa shape index (κ2) is 13.8. The van der Waals surface area contributed by atoms with Gasteiger partial charge in [-0.3, -0.25) is 4.79 Å². The van der Waals surface area contributed by atoms with E-state index in [0.717, 1.165) is 62.7 Å². The van der Waals surface area contributed by atoms with Gasteiger partial charge in [0.2, 0.25) is 0 Å². The molecule has 226 valence electrons. The molecule has 2 bridgehead atoms. The number of esters is 1. The average molecular weight is 565 g/mol. The van der Waals surface area contributed by atoms with Gasteiger partial charge in [0.1, 0.15) is 5.76 Å². The van der Waals surface area contributed by atoms with Gasteiger partial charge in [-0.1, -0.05) is 82.9 Å². The van der Waals surface area contributed by atoms with E-state index < -0.39 is 17.1 Å². The Hall–Kier alpha value is -2.27. The Kier molecular flexibility index (Phi) is 10.2. The van der Waals surface area contributed by atoms with E-state index in [1.807, 2.05) is 12.1 Å². The number of hydrogen-bond donors (Lipinski definition) is 1. The molecule has 1 spiro atoms. The molecule has 0 aromatic heterocycles. The lowest BCUT2D eigenvalue weighted by molar-refractivity contribution is -0.160. The number of methoxy groups -OCH3 is 1. The summed E-state index contributed by atoms with van der Waals surface area (Å²) in [6.07, 6.45) is 26.9. The second-order valence-corrected chi connectivity index (χ2v) is 12.9. The zero-order valence-electron chi connectivity index (χ0n) is 25.6. The van der Waals surface area contributed by atoms with Gasteiger partial charge in [-0.25, -0.2) is 0 Å². The molecule has 3 aliphatic carbocycles. The molecule has 0 amide bonds. The largest absolute Gasteiger partial charge is 0.493 e. The average Bonchev–Trinajstić information content (AvgIpc) is 3.32. The van der Waals surface area contributed by atoms with Gasteiger partial charge in [0.25, 0.3) is 0 Å². The lowest BCUT2D eigenvalue weighted by Gasteiger charge is -2.59. The molecule has 4 aliphatic rings. The Morgan fingerprint density at radius 2 is 1.73 bits per heavy atom. The first kappa shape index (κ1) is 30.2. The van der Waals surface area contributed by atoms with Crippen molar-refractivity contribution in [1.29, 1.82) is 0 Å². The van der Waals surface area contributed by atoms with Gasteiger partial charge in [-0.05, 0) is 81.4 Å². The van der Waals surface area contributed by atoms with E-state index >= 15 is 0 Å². The summed E-state index contributed by atoms with van der Waals surface area (Å²) in [4.78, 5) is 12.9. The number of carbonyl (C=O) groups excluding carboxylic acids is 1. The maximum Gasteiger partial charge on any atom is 0.310 e. The Morgan fingerprint density at radius 3 is 2.46 bits per heavy atom. The fraction of sp³-hybridized carbons (Fsp3) is 0.694. The number of rotatable bonds is 17. The van der Waals surface area contributed by atoms with E-state index in [0.29, 0.717) is 24.4 Å². The lowest BCUT2D eigenvalue weighted by Crippen LogP contribution is -2.67. The van der Waals surface area contributed by atoms with Crippen molar-refractivity contribution in [2.24, 2.45) is 5.92 Å². The first-order chi connectivity index (χ1) is 20.0. The van der Waals surface area contributed by atoms with Crippen LogP contribution in [-0.2, 0) is 21.4 Å². The predicted molar refractivity (Wildman–Crippen MR) is 163 cm³/mol. The van der Waals surface area contributed by atoms with Crippen molar-refractivity contribution >= 4 is 5.97 Å². The number of hydrogen-bond acceptors (Lipinski definition) is 5. The Bertz CT molecular complexity index is 1110. The summed E-state index contributed by atoms with van der Waals surface area (Å²) >= 11 is 0. The van der Waals surface area contributed by atoms with E-state index in [4.69, 9.17) is 14.2 Å². The third kappa shape index (κ3) is 5.98. The van der Waals surface area contributed by atoms with Crippen LogP contribution in [0.1, 0.15) is 134 Å². The van der Waals surface area contributed by atoms with Crippen LogP contribution in [0.2, 0.25) is 0 Å². The standard InChI is InChI=1S/C36H52O5/c1-3-4-5-6-7-8-9-10-11-12-13-14-15-16-17-20-31(37)40-30-23-25-36(38)28-19-18-24-35(36)32-27(26-28)21-22-29(39-2)33(32)41-34(30)35/h10-11,21-23,28,34,38H,3-9,12-20,24-26H2,1-2H3/b11-10-/t28-,34+,35+,36-/m0/s1. The number of carbonyl (C=O) groups is 1. The van der Waals surface area contributed by atoms with Crippen LogP contribution in [0.5, 0.6) is 11.5 Å². The minimum Gasteiger partial charge on any atom is -0.493 e. The summed E-state index contributed by atoms with van der Waals surface area (Å²) in [5.74, 6) is 2.01. The van der Waals surface area contributed by atoms with Crippen LogP contribution in [0.4, 0.5) is 0 Å². The van der Waals surface area contributed by atoms with Crippen LogP contribution in [0.3, 0.4) is 0 Å². The van der Waals surface area contributed by atoms with Crippen LogP contribution in [0.25, 0.3) is 0 Å². The molecule has 1 N–H and O–H groups in total. The van der Waals surface area contributed by atoms with Crippen molar-refractivity contribution in [1.82, 2.24) is 0 Å². The Morgan fingerprint density at radius 1 is 1.02 bits per heavy atom. The lowest BCUT2D eigenvalue weighted by atomic mass is 9.47. The fourth-order valence-corrected chi connectivity index (χ4v) is 8.20. The van der Waals surface area contributed by atoms with Crippen LogP contribution in [-0.4, -0.2) is 29.9 Å². The quantitative estimate of drug-likeness (QED) is 0.117. The predicted octanol–water partition coefficient (Wildman–Crippen LogP) is 8.65. The third-order valence-corrected chi connectivity index (χ3v) is 10.3. The highest BCUT2D eigenvalue weighted by Gasteiger charge is 2.70. The molecule has 1 aromatic carbocycles. The van der Waals surface area contributed by atoms with Crippen molar-refractivity contribution < 1.29 is 24.1 Å². The number of ether oxygens (including phenoxy) is 3. The van der Waals surface area contributed by atoms with Crippen LogP contribution >= 0.6 is 0 Å². The van der Waals surface area contributed by atoms with Crippen LogP contribution in [0.15, 0.2) is 36.1 Å². The molecule has 1 fully saturated rings. The molecular weight excluding hydrogens is 512 g/mol. The van der Waals surface area contributed by atoms with Gasteiger partial charge in [0.15, 0.2) is 17.6 Å². The number of allylic oxidation sites excluding steroid dienone is 2. The monoisotopic (exact) mass is 564 g/mol. The van der Waals surface area contributed by atoms with Crippen molar-refractivity contribution in [2.45, 2.75) is 146 Å². The number of aliphatic hydroxyl groups is 1. The molecule has 0 unspecified atom stereocenters. The minimum absolute atomic E-state index is 0.189. The first-order valence-electron chi connectivity index (χ1n) is 16.7. The SMILES string of the molecule is CCCCCCCC/C=C\CCCCCCCC(=O)OC1=CC[C@]2(O)[C@H]3CCC[C@]24c2c(ccc(OC)c2O[C@H]14)C3. The van der Waals surface area contributed by atoms with Crippen LogP contribution in [0, 0.1) is 5.92 Å². The molecular formula is C36H52O5. The minimum atomic E-state index is -0.875. The zero-order valence-corrected chi connectivity index (χ0v) is 25.6. The topological polar surface area (TPSA) is 65.0 Å². The van der Waals surface area contributed by atoms with Crippen molar-refractivity contribution in [3.63, 3.8) is 0 Å². The maximum atomic E-state index is 12.9. The van der Waals surface area contributed by atoms with Gasteiger partial charge in [-0.15, -0.1) is 0 Å². The van der Waals surface area contributed by atoms with Crippen molar-refractivity contribution in [3.05, 3.63) is 47.2 Å². The highest BCUT2D eigenvalue weighted by atomic mass is 16.6. The molecule has 1 heterocycles. The second-order valence-electron chi connectivity index (χ2n) is 12.9. The first-order valence-corrected chi connectivity index (χ1v) is 16.7. The van der Waals surface area contributed by atoms with Gasteiger partial charge in [0.05, 0.1) is 18.1 Å². The van der Waals surface area contributed by atoms with Gasteiger partial charge >= 0.3 is 5.97 Å². The van der Waals surface area contributed by atoms with Gasteiger partial charge in [-0.2, -0.15) is 0 Å². The van der Waals surface area contributed by atoms with Crippen molar-refractivity contribution in [3.8, 4) is 11.5 Å². The molecule has 0 radical (unpaired) electrons. The molecule has 5 nitrogen and oxygen atoms in total. The van der Waals surface area contributed by atoms with E-state index in [2.05, 4.69) is 25.1 Å². The van der Waals surface area contributed by atoms with Crippen LogP contribution < -0.4 is 9.47 Å². The van der Waals surface area contributed by atoms with Gasteiger partial charge in [0, 0.05) is 12.0 Å². The molecule has 5 rings (SSSR count). The molecule has 1 aromatic rings. The summed E-state index contributed by atoms with van der Waals surface area (Å²) in [5, 5.41) is 12.2. The summed E-state index contributed by atoms with van der Waals surface area (Å²) in [6.45, 7) is 2.27. The molecule has 1 saturated carbocycles. The highest BCUT2D eigenvalue weighted by Crippen LogP contribution is 2.67. The summed E-state index contributed by atoms with van der Waals surface area (Å²) in [5.41, 5.74) is 0.901. The normalized spacial score (nSPS) is 27.3. The fourth-order valence-electron chi connectivity index (χ4n) is 8.20. The summed E-state index contributed by atoms with van der Waals surface area (Å²) in [6, 6.07) is 4.12. The van der Waals surface area contributed by atoms with Crippen molar-refractivity contribution in [2.75, 3.05) is 7.11 Å². The third-order valence-electron chi connectivity index (χ3n) is 10.3. The van der Waals surface area contributed by atoms with E-state index in [1.54, 1.807) is 7.11 Å². The smallest absolute Gasteiger partial charge is 0.310 e. The molecule has 0 saturated heterocycles. The van der Waals surface area contributed by atoms with Gasteiger partial charge < -0.3 is 19.3 Å². The molecule has 1 aliphatic heterocycles. The summed E-state index contributed by atoms with van der Waals surface area (Å²) in [7, 11) is 1.66. The van der Waals surface area contributed by atoms with E-state index in [-0.39, 0.29) is 11.9 Å². The number of benzene rings is 1. The summed E-state index contributed by atoms with van der Waals surface area (Å²) < 4.78 is 18.2. The molecule has 5 heteroatoms. The van der Waals surface area contributed by atoms with E-state index in [9.17, 15) is 9.90 Å². The Balaban J connectivity index is 1.05. The maximum absolute atomic E-state index is 12.9. The number of unbranched alkanes of at least 4 members (excludes halogenated alkanes) is 11. The van der Waals surface area contributed by atoms with E-state index in [1.165, 1.54) is 63.4 Å². The highest BCUT2D eigenvalue weighted by molar-refractivity contribution is 5.71. The molecule has 41 heavy (non-hydrogen) atoms.